The Hall–Kier alpha value is -2.38. The van der Waals surface area contributed by atoms with Gasteiger partial charge in [-0.3, -0.25) is 4.72 Å². The fraction of sp³-hybridized carbons (Fsp3) is 0.125. The van der Waals surface area contributed by atoms with Crippen molar-refractivity contribution in [3.8, 4) is 5.75 Å². The molecule has 0 spiro atoms. The van der Waals surface area contributed by atoms with Crippen LogP contribution < -0.4 is 9.46 Å². The molecule has 0 unspecified atom stereocenters. The molecule has 0 saturated carbocycles. The van der Waals surface area contributed by atoms with Gasteiger partial charge in [0.15, 0.2) is 4.34 Å². The lowest BCUT2D eigenvalue weighted by molar-refractivity contribution is -0.274. The van der Waals surface area contributed by atoms with E-state index in [-0.39, 0.29) is 21.6 Å². The van der Waals surface area contributed by atoms with E-state index in [0.29, 0.717) is 9.90 Å². The van der Waals surface area contributed by atoms with Crippen molar-refractivity contribution in [2.45, 2.75) is 21.4 Å². The Morgan fingerprint density at radius 2 is 1.76 bits per heavy atom. The number of nitrogens with one attached hydrogen (secondary N) is 1. The Kier molecular flexibility index (Phi) is 6.29. The zero-order chi connectivity index (χ0) is 21.1. The van der Waals surface area contributed by atoms with Crippen LogP contribution in [0.1, 0.15) is 5.56 Å². The number of anilines is 1. The van der Waals surface area contributed by atoms with Crippen molar-refractivity contribution in [2.24, 2.45) is 0 Å². The second-order valence-electron chi connectivity index (χ2n) is 5.38. The largest absolute Gasteiger partial charge is 0.573 e. The SMILES string of the molecule is O=S(=O)(Nc1nnc(SCc2ccccc2F)s1)c1ccc(OC(F)(F)F)cc1. The van der Waals surface area contributed by atoms with Crippen LogP contribution in [0.4, 0.5) is 22.7 Å². The Labute approximate surface area is 171 Å². The molecule has 0 aliphatic carbocycles. The molecule has 1 heterocycles. The summed E-state index contributed by atoms with van der Waals surface area (Å²) in [6.07, 6.45) is -4.87. The number of sulfonamides is 1. The topological polar surface area (TPSA) is 81.2 Å². The number of nitrogens with zero attached hydrogens (tertiary/aromatic N) is 2. The molecule has 0 amide bonds. The highest BCUT2D eigenvalue weighted by molar-refractivity contribution is 8.00. The van der Waals surface area contributed by atoms with Gasteiger partial charge in [-0.2, -0.15) is 0 Å². The number of hydrogen-bond acceptors (Lipinski definition) is 7. The summed E-state index contributed by atoms with van der Waals surface area (Å²) in [5, 5.41) is 7.52. The van der Waals surface area contributed by atoms with Crippen molar-refractivity contribution in [1.82, 2.24) is 10.2 Å². The quantitative estimate of drug-likeness (QED) is 0.404. The van der Waals surface area contributed by atoms with E-state index in [1.54, 1.807) is 18.2 Å². The molecule has 29 heavy (non-hydrogen) atoms. The van der Waals surface area contributed by atoms with Crippen LogP contribution in [0.15, 0.2) is 57.8 Å². The summed E-state index contributed by atoms with van der Waals surface area (Å²) in [6, 6.07) is 9.94. The van der Waals surface area contributed by atoms with Gasteiger partial charge in [0.05, 0.1) is 4.90 Å². The van der Waals surface area contributed by atoms with Crippen LogP contribution in [-0.2, 0) is 15.8 Å². The molecule has 0 atom stereocenters. The second kappa shape index (κ2) is 8.55. The van der Waals surface area contributed by atoms with Gasteiger partial charge in [0.2, 0.25) is 5.13 Å². The number of thioether (sulfide) groups is 1. The van der Waals surface area contributed by atoms with Crippen molar-refractivity contribution >= 4 is 38.3 Å². The third kappa shape index (κ3) is 6.05. The van der Waals surface area contributed by atoms with E-state index in [1.807, 2.05) is 0 Å². The number of aromatic nitrogens is 2. The molecule has 0 saturated heterocycles. The molecule has 0 bridgehead atoms. The average molecular weight is 465 g/mol. The Balaban J connectivity index is 1.64. The molecule has 154 valence electrons. The minimum atomic E-state index is -4.87. The van der Waals surface area contributed by atoms with Gasteiger partial charge in [-0.05, 0) is 35.9 Å². The van der Waals surface area contributed by atoms with Crippen molar-refractivity contribution in [3.63, 3.8) is 0 Å². The van der Waals surface area contributed by atoms with Crippen LogP contribution in [0.3, 0.4) is 0 Å². The van der Waals surface area contributed by atoms with Gasteiger partial charge in [0, 0.05) is 5.75 Å². The van der Waals surface area contributed by atoms with Gasteiger partial charge >= 0.3 is 6.36 Å². The molecule has 0 aliphatic rings. The zero-order valence-electron chi connectivity index (χ0n) is 14.2. The fourth-order valence-corrected chi connectivity index (χ4v) is 5.03. The molecule has 1 aromatic heterocycles. The first-order valence-corrected chi connectivity index (χ1v) is 11.0. The lowest BCUT2D eigenvalue weighted by Crippen LogP contribution is -2.17. The highest BCUT2D eigenvalue weighted by Gasteiger charge is 2.31. The smallest absolute Gasteiger partial charge is 0.406 e. The molecular weight excluding hydrogens is 454 g/mol. The minimum absolute atomic E-state index is 0.0309. The monoisotopic (exact) mass is 465 g/mol. The standard InChI is InChI=1S/C16H11F4N3O3S3/c17-13-4-2-1-3-10(13)9-27-15-22-21-14(28-15)23-29(24,25)12-7-5-11(6-8-12)26-16(18,19)20/h1-8H,9H2,(H,21,23). The summed E-state index contributed by atoms with van der Waals surface area (Å²) in [4.78, 5) is -0.275. The molecule has 2 aromatic carbocycles. The van der Waals surface area contributed by atoms with Crippen molar-refractivity contribution in [1.29, 1.82) is 0 Å². The molecule has 13 heteroatoms. The van der Waals surface area contributed by atoms with Crippen LogP contribution in [0.25, 0.3) is 0 Å². The normalized spacial score (nSPS) is 12.0. The third-order valence-electron chi connectivity index (χ3n) is 3.30. The Morgan fingerprint density at radius 3 is 2.41 bits per heavy atom. The number of alkyl halides is 3. The van der Waals surface area contributed by atoms with Gasteiger partial charge in [0.25, 0.3) is 10.0 Å². The van der Waals surface area contributed by atoms with Crippen molar-refractivity contribution in [2.75, 3.05) is 4.72 Å². The van der Waals surface area contributed by atoms with Crippen LogP contribution >= 0.6 is 23.1 Å². The lowest BCUT2D eigenvalue weighted by Gasteiger charge is -2.09. The Morgan fingerprint density at radius 1 is 1.07 bits per heavy atom. The molecular formula is C16H11F4N3O3S3. The van der Waals surface area contributed by atoms with Crippen LogP contribution in [0.2, 0.25) is 0 Å². The predicted molar refractivity (Wildman–Crippen MR) is 99.8 cm³/mol. The number of ether oxygens (including phenoxy) is 1. The maximum atomic E-state index is 13.6. The summed E-state index contributed by atoms with van der Waals surface area (Å²) in [5.74, 6) is -0.614. The molecule has 0 fully saturated rings. The fourth-order valence-electron chi connectivity index (χ4n) is 2.06. The maximum absolute atomic E-state index is 13.6. The summed E-state index contributed by atoms with van der Waals surface area (Å²) in [5.41, 5.74) is 0.469. The lowest BCUT2D eigenvalue weighted by atomic mass is 10.2. The van der Waals surface area contributed by atoms with E-state index in [9.17, 15) is 26.0 Å². The molecule has 6 nitrogen and oxygen atoms in total. The highest BCUT2D eigenvalue weighted by Crippen LogP contribution is 2.30. The summed E-state index contributed by atoms with van der Waals surface area (Å²) < 4.78 is 81.1. The van der Waals surface area contributed by atoms with E-state index in [2.05, 4.69) is 19.7 Å². The average Bonchev–Trinajstić information content (AvgIpc) is 3.07. The van der Waals surface area contributed by atoms with Gasteiger partial charge in [-0.1, -0.05) is 41.3 Å². The van der Waals surface area contributed by atoms with Crippen LogP contribution in [0.5, 0.6) is 5.75 Å². The second-order valence-corrected chi connectivity index (χ2v) is 9.26. The number of rotatable bonds is 7. The molecule has 3 aromatic rings. The van der Waals surface area contributed by atoms with Gasteiger partial charge < -0.3 is 4.74 Å². The van der Waals surface area contributed by atoms with Crippen LogP contribution in [0, 0.1) is 5.82 Å². The van der Waals surface area contributed by atoms with Gasteiger partial charge in [-0.15, -0.1) is 23.4 Å². The third-order valence-corrected chi connectivity index (χ3v) is 6.81. The Bertz CT molecular complexity index is 1090. The first-order chi connectivity index (χ1) is 13.6. The van der Waals surface area contributed by atoms with Crippen molar-refractivity contribution < 1.29 is 30.7 Å². The first kappa shape index (κ1) is 21.3. The number of hydrogen-bond donors (Lipinski definition) is 1. The number of benzene rings is 2. The molecule has 3 rings (SSSR count). The van der Waals surface area contributed by atoms with Crippen LogP contribution in [-0.4, -0.2) is 25.0 Å². The summed E-state index contributed by atoms with van der Waals surface area (Å²) >= 11 is 2.13. The summed E-state index contributed by atoms with van der Waals surface area (Å²) in [7, 11) is -4.08. The van der Waals surface area contributed by atoms with E-state index >= 15 is 0 Å². The minimum Gasteiger partial charge on any atom is -0.406 e. The first-order valence-electron chi connectivity index (χ1n) is 7.71. The van der Waals surface area contributed by atoms with E-state index in [4.69, 9.17) is 0 Å². The van der Waals surface area contributed by atoms with E-state index in [1.165, 1.54) is 17.8 Å². The summed E-state index contributed by atoms with van der Waals surface area (Å²) in [6.45, 7) is 0. The molecule has 0 radical (unpaired) electrons. The zero-order valence-corrected chi connectivity index (χ0v) is 16.6. The maximum Gasteiger partial charge on any atom is 0.573 e. The van der Waals surface area contributed by atoms with E-state index in [0.717, 1.165) is 35.6 Å². The van der Waals surface area contributed by atoms with Gasteiger partial charge in [-0.25, -0.2) is 12.8 Å². The molecule has 0 aliphatic heterocycles. The van der Waals surface area contributed by atoms with Crippen molar-refractivity contribution in [3.05, 3.63) is 59.9 Å². The van der Waals surface area contributed by atoms with Gasteiger partial charge in [0.1, 0.15) is 11.6 Å². The predicted octanol–water partition coefficient (Wildman–Crippen LogP) is 4.67. The molecule has 1 N–H and O–H groups in total. The number of halogens is 4. The highest BCUT2D eigenvalue weighted by atomic mass is 32.2. The van der Waals surface area contributed by atoms with E-state index < -0.39 is 22.1 Å².